The van der Waals surface area contributed by atoms with E-state index in [0.29, 0.717) is 0 Å². The molecular formula is C16H17NO. The van der Waals surface area contributed by atoms with Gasteiger partial charge in [-0.05, 0) is 55.7 Å². The Balaban J connectivity index is 2.26. The van der Waals surface area contributed by atoms with Crippen molar-refractivity contribution in [2.75, 3.05) is 11.9 Å². The Morgan fingerprint density at radius 1 is 0.944 bits per heavy atom. The minimum Gasteiger partial charge on any atom is -0.453 e. The lowest BCUT2D eigenvalue weighted by molar-refractivity contribution is 0.474. The summed E-state index contributed by atoms with van der Waals surface area (Å²) < 4.78 is 6.02. The fourth-order valence-corrected chi connectivity index (χ4v) is 2.59. The Bertz CT molecular complexity index is 631. The van der Waals surface area contributed by atoms with Crippen molar-refractivity contribution in [3.8, 4) is 11.5 Å². The van der Waals surface area contributed by atoms with Gasteiger partial charge in [0, 0.05) is 7.05 Å². The molecule has 3 rings (SSSR count). The van der Waals surface area contributed by atoms with E-state index in [9.17, 15) is 0 Å². The van der Waals surface area contributed by atoms with Gasteiger partial charge in [0.05, 0.1) is 11.4 Å². The summed E-state index contributed by atoms with van der Waals surface area (Å²) in [6.45, 7) is 6.46. The largest absolute Gasteiger partial charge is 0.453 e. The van der Waals surface area contributed by atoms with E-state index in [1.165, 1.54) is 22.4 Å². The van der Waals surface area contributed by atoms with Gasteiger partial charge in [-0.25, -0.2) is 0 Å². The number of para-hydroxylation sites is 2. The van der Waals surface area contributed by atoms with Crippen LogP contribution >= 0.6 is 0 Å². The normalized spacial score (nSPS) is 12.8. The second kappa shape index (κ2) is 3.77. The van der Waals surface area contributed by atoms with Crippen molar-refractivity contribution in [3.05, 3.63) is 47.0 Å². The van der Waals surface area contributed by atoms with E-state index in [-0.39, 0.29) is 0 Å². The highest BCUT2D eigenvalue weighted by molar-refractivity contribution is 5.80. The van der Waals surface area contributed by atoms with Crippen molar-refractivity contribution >= 4 is 11.4 Å². The molecule has 2 nitrogen and oxygen atoms in total. The van der Waals surface area contributed by atoms with E-state index in [0.717, 1.165) is 17.2 Å². The zero-order valence-electron chi connectivity index (χ0n) is 11.2. The maximum absolute atomic E-state index is 6.02. The predicted molar refractivity (Wildman–Crippen MR) is 75.2 cm³/mol. The van der Waals surface area contributed by atoms with Crippen molar-refractivity contribution in [1.82, 2.24) is 0 Å². The average molecular weight is 239 g/mol. The van der Waals surface area contributed by atoms with E-state index in [2.05, 4.69) is 44.9 Å². The standard InChI is InChI=1S/C16H17NO/c1-10-9-15-16(12(3)11(10)2)17(4)13-7-5-6-8-14(13)18-15/h5-9H,1-4H3. The third-order valence-corrected chi connectivity index (χ3v) is 3.87. The Labute approximate surface area is 108 Å². The average Bonchev–Trinajstić information content (AvgIpc) is 2.36. The summed E-state index contributed by atoms with van der Waals surface area (Å²) in [6, 6.07) is 10.3. The number of nitrogens with zero attached hydrogens (tertiary/aromatic N) is 1. The van der Waals surface area contributed by atoms with Gasteiger partial charge in [0.2, 0.25) is 0 Å². The maximum atomic E-state index is 6.02. The molecule has 2 aromatic carbocycles. The topological polar surface area (TPSA) is 12.5 Å². The maximum Gasteiger partial charge on any atom is 0.151 e. The molecule has 2 heteroatoms. The van der Waals surface area contributed by atoms with Crippen LogP contribution in [0.5, 0.6) is 11.5 Å². The number of hydrogen-bond acceptors (Lipinski definition) is 2. The summed E-state index contributed by atoms with van der Waals surface area (Å²) in [7, 11) is 2.10. The van der Waals surface area contributed by atoms with Gasteiger partial charge >= 0.3 is 0 Å². The first kappa shape index (κ1) is 11.1. The number of anilines is 2. The minimum absolute atomic E-state index is 0.926. The van der Waals surface area contributed by atoms with Crippen molar-refractivity contribution in [3.63, 3.8) is 0 Å². The molecule has 18 heavy (non-hydrogen) atoms. The Morgan fingerprint density at radius 3 is 2.44 bits per heavy atom. The first-order valence-electron chi connectivity index (χ1n) is 6.21. The molecular weight excluding hydrogens is 222 g/mol. The lowest BCUT2D eigenvalue weighted by Crippen LogP contribution is -2.17. The fourth-order valence-electron chi connectivity index (χ4n) is 2.59. The Morgan fingerprint density at radius 2 is 1.67 bits per heavy atom. The summed E-state index contributed by atoms with van der Waals surface area (Å²) in [6.07, 6.45) is 0. The number of ether oxygens (including phenoxy) is 1. The Kier molecular flexibility index (Phi) is 2.34. The number of hydrogen-bond donors (Lipinski definition) is 0. The SMILES string of the molecule is Cc1cc2c(c(C)c1C)N(C)c1ccccc1O2. The molecule has 0 amide bonds. The van der Waals surface area contributed by atoms with E-state index in [1.54, 1.807) is 0 Å². The van der Waals surface area contributed by atoms with Crippen LogP contribution in [0.3, 0.4) is 0 Å². The molecule has 0 aliphatic carbocycles. The number of fused-ring (bicyclic) bond motifs is 2. The third-order valence-electron chi connectivity index (χ3n) is 3.87. The number of aryl methyl sites for hydroxylation is 1. The van der Waals surface area contributed by atoms with Gasteiger partial charge < -0.3 is 9.64 Å². The molecule has 1 heterocycles. The number of benzene rings is 2. The zero-order valence-corrected chi connectivity index (χ0v) is 11.2. The molecule has 0 bridgehead atoms. The minimum atomic E-state index is 0.926. The van der Waals surface area contributed by atoms with Crippen molar-refractivity contribution in [2.24, 2.45) is 0 Å². The summed E-state index contributed by atoms with van der Waals surface area (Å²) >= 11 is 0. The van der Waals surface area contributed by atoms with Crippen molar-refractivity contribution < 1.29 is 4.74 Å². The second-order valence-corrected chi connectivity index (χ2v) is 4.92. The molecule has 1 aliphatic heterocycles. The molecule has 92 valence electrons. The summed E-state index contributed by atoms with van der Waals surface area (Å²) in [5.74, 6) is 1.88. The predicted octanol–water partition coefficient (Wildman–Crippen LogP) is 4.49. The van der Waals surface area contributed by atoms with Gasteiger partial charge in [-0.1, -0.05) is 12.1 Å². The number of rotatable bonds is 0. The van der Waals surface area contributed by atoms with Gasteiger partial charge in [0.1, 0.15) is 0 Å². The molecule has 0 N–H and O–H groups in total. The lowest BCUT2D eigenvalue weighted by Gasteiger charge is -2.32. The van der Waals surface area contributed by atoms with Crippen LogP contribution in [-0.4, -0.2) is 7.05 Å². The van der Waals surface area contributed by atoms with Crippen LogP contribution in [0.4, 0.5) is 11.4 Å². The summed E-state index contributed by atoms with van der Waals surface area (Å²) in [5, 5.41) is 0. The molecule has 0 unspecified atom stereocenters. The van der Waals surface area contributed by atoms with Gasteiger partial charge in [0.25, 0.3) is 0 Å². The third kappa shape index (κ3) is 1.42. The highest BCUT2D eigenvalue weighted by Crippen LogP contribution is 2.48. The smallest absolute Gasteiger partial charge is 0.151 e. The first-order chi connectivity index (χ1) is 8.59. The highest BCUT2D eigenvalue weighted by Gasteiger charge is 2.24. The van der Waals surface area contributed by atoms with E-state index >= 15 is 0 Å². The molecule has 0 saturated heterocycles. The Hall–Kier alpha value is -1.96. The first-order valence-corrected chi connectivity index (χ1v) is 6.21. The van der Waals surface area contributed by atoms with E-state index in [4.69, 9.17) is 4.74 Å². The van der Waals surface area contributed by atoms with Crippen LogP contribution in [-0.2, 0) is 0 Å². The zero-order chi connectivity index (χ0) is 12.9. The monoisotopic (exact) mass is 239 g/mol. The van der Waals surface area contributed by atoms with Crippen LogP contribution in [0.25, 0.3) is 0 Å². The van der Waals surface area contributed by atoms with Gasteiger partial charge in [-0.3, -0.25) is 0 Å². The molecule has 2 aromatic rings. The second-order valence-electron chi connectivity index (χ2n) is 4.92. The van der Waals surface area contributed by atoms with Gasteiger partial charge in [-0.2, -0.15) is 0 Å². The van der Waals surface area contributed by atoms with Crippen LogP contribution in [0, 0.1) is 20.8 Å². The van der Waals surface area contributed by atoms with Crippen LogP contribution < -0.4 is 9.64 Å². The van der Waals surface area contributed by atoms with E-state index in [1.807, 2.05) is 18.2 Å². The fraction of sp³-hybridized carbons (Fsp3) is 0.250. The molecule has 0 fully saturated rings. The van der Waals surface area contributed by atoms with Gasteiger partial charge in [-0.15, -0.1) is 0 Å². The van der Waals surface area contributed by atoms with Crippen molar-refractivity contribution in [1.29, 1.82) is 0 Å². The van der Waals surface area contributed by atoms with Crippen LogP contribution in [0.2, 0.25) is 0 Å². The van der Waals surface area contributed by atoms with Crippen LogP contribution in [0.1, 0.15) is 16.7 Å². The van der Waals surface area contributed by atoms with Gasteiger partial charge in [0.15, 0.2) is 11.5 Å². The molecule has 0 atom stereocenters. The molecule has 0 spiro atoms. The summed E-state index contributed by atoms with van der Waals surface area (Å²) in [5.41, 5.74) is 6.21. The molecule has 0 aromatic heterocycles. The molecule has 0 saturated carbocycles. The quantitative estimate of drug-likeness (QED) is 0.671. The lowest BCUT2D eigenvalue weighted by atomic mass is 9.99. The van der Waals surface area contributed by atoms with E-state index < -0.39 is 0 Å². The molecule has 0 radical (unpaired) electrons. The summed E-state index contributed by atoms with van der Waals surface area (Å²) in [4.78, 5) is 2.22. The molecule has 1 aliphatic rings. The highest BCUT2D eigenvalue weighted by atomic mass is 16.5. The van der Waals surface area contributed by atoms with Crippen LogP contribution in [0.15, 0.2) is 30.3 Å². The van der Waals surface area contributed by atoms with Crippen molar-refractivity contribution in [2.45, 2.75) is 20.8 Å².